The van der Waals surface area contributed by atoms with E-state index in [4.69, 9.17) is 11.6 Å². The second kappa shape index (κ2) is 4.34. The largest absolute Gasteiger partial charge is 0.389 e. The summed E-state index contributed by atoms with van der Waals surface area (Å²) < 4.78 is 25.6. The molecule has 100 valence electrons. The lowest BCUT2D eigenvalue weighted by molar-refractivity contribution is 0.0762. The Kier molecular flexibility index (Phi) is 3.26. The molecule has 0 aromatic carbocycles. The van der Waals surface area contributed by atoms with Crippen LogP contribution in [0.2, 0.25) is 5.02 Å². The first kappa shape index (κ1) is 13.5. The van der Waals surface area contributed by atoms with Crippen LogP contribution in [0.15, 0.2) is 22.0 Å². The summed E-state index contributed by atoms with van der Waals surface area (Å²) in [4.78, 5) is 13.3. The Hall–Kier alpha value is -0.890. The summed E-state index contributed by atoms with van der Waals surface area (Å²) in [6, 6.07) is 1.11. The number of rotatable bonds is 2. The van der Waals surface area contributed by atoms with Gasteiger partial charge in [0.25, 0.3) is 5.56 Å². The lowest BCUT2D eigenvalue weighted by atomic mass is 10.1. The molecule has 0 bridgehead atoms. The van der Waals surface area contributed by atoms with Crippen LogP contribution in [-0.4, -0.2) is 41.5 Å². The Labute approximate surface area is 109 Å². The summed E-state index contributed by atoms with van der Waals surface area (Å²) in [6.45, 7) is 1.86. The van der Waals surface area contributed by atoms with Gasteiger partial charge in [0.15, 0.2) is 0 Å². The SMILES string of the molecule is CC1(O)CCN(S(=O)(=O)c2c[nH]c(=O)c(Cl)c2)C1. The molecule has 2 rings (SSSR count). The van der Waals surface area contributed by atoms with E-state index in [9.17, 15) is 18.3 Å². The molecule has 1 aliphatic rings. The van der Waals surface area contributed by atoms with E-state index in [-0.39, 0.29) is 23.0 Å². The zero-order valence-electron chi connectivity index (χ0n) is 9.68. The van der Waals surface area contributed by atoms with E-state index >= 15 is 0 Å². The average Bonchev–Trinajstić information content (AvgIpc) is 2.63. The molecule has 1 fully saturated rings. The van der Waals surface area contributed by atoms with E-state index in [0.717, 1.165) is 12.3 Å². The summed E-state index contributed by atoms with van der Waals surface area (Å²) >= 11 is 5.61. The van der Waals surface area contributed by atoms with Crippen molar-refractivity contribution in [1.82, 2.24) is 9.29 Å². The quantitative estimate of drug-likeness (QED) is 0.813. The van der Waals surface area contributed by atoms with Gasteiger partial charge in [0.1, 0.15) is 5.02 Å². The van der Waals surface area contributed by atoms with Crippen molar-refractivity contribution in [2.45, 2.75) is 23.8 Å². The fourth-order valence-electron chi connectivity index (χ4n) is 1.84. The predicted molar refractivity (Wildman–Crippen MR) is 66.1 cm³/mol. The first-order chi connectivity index (χ1) is 8.22. The maximum Gasteiger partial charge on any atom is 0.266 e. The van der Waals surface area contributed by atoms with Crippen LogP contribution in [0.1, 0.15) is 13.3 Å². The van der Waals surface area contributed by atoms with Crippen molar-refractivity contribution in [3.63, 3.8) is 0 Å². The van der Waals surface area contributed by atoms with E-state index in [2.05, 4.69) is 4.98 Å². The Morgan fingerprint density at radius 3 is 2.72 bits per heavy atom. The highest BCUT2D eigenvalue weighted by Gasteiger charge is 2.38. The highest BCUT2D eigenvalue weighted by Crippen LogP contribution is 2.26. The molecule has 1 aliphatic heterocycles. The lowest BCUT2D eigenvalue weighted by Crippen LogP contribution is -2.34. The fraction of sp³-hybridized carbons (Fsp3) is 0.500. The fourth-order valence-corrected chi connectivity index (χ4v) is 3.63. The molecule has 1 aromatic heterocycles. The monoisotopic (exact) mass is 292 g/mol. The minimum absolute atomic E-state index is 0.0338. The van der Waals surface area contributed by atoms with Crippen LogP contribution >= 0.6 is 11.6 Å². The number of aromatic amines is 1. The van der Waals surface area contributed by atoms with Gasteiger partial charge in [-0.05, 0) is 19.4 Å². The van der Waals surface area contributed by atoms with Crippen molar-refractivity contribution in [3.8, 4) is 0 Å². The third-order valence-corrected chi connectivity index (χ3v) is 4.99. The number of nitrogens with zero attached hydrogens (tertiary/aromatic N) is 1. The molecule has 1 aromatic rings. The summed E-state index contributed by atoms with van der Waals surface area (Å²) in [5.74, 6) is 0. The van der Waals surface area contributed by atoms with Crippen LogP contribution in [0.3, 0.4) is 0 Å². The number of halogens is 1. The molecule has 8 heteroatoms. The molecule has 0 saturated carbocycles. The Morgan fingerprint density at radius 2 is 2.22 bits per heavy atom. The molecule has 1 saturated heterocycles. The predicted octanol–water partition coefficient (Wildman–Crippen LogP) is 0.174. The Balaban J connectivity index is 2.37. The summed E-state index contributed by atoms with van der Waals surface area (Å²) in [5.41, 5.74) is -1.55. The second-order valence-corrected chi connectivity index (χ2v) is 6.94. The zero-order chi connectivity index (χ0) is 13.6. The maximum atomic E-state index is 12.2. The van der Waals surface area contributed by atoms with Gasteiger partial charge in [-0.2, -0.15) is 4.31 Å². The van der Waals surface area contributed by atoms with Gasteiger partial charge >= 0.3 is 0 Å². The van der Waals surface area contributed by atoms with E-state index in [1.54, 1.807) is 6.92 Å². The van der Waals surface area contributed by atoms with E-state index in [1.165, 1.54) is 4.31 Å². The topological polar surface area (TPSA) is 90.5 Å². The molecule has 18 heavy (non-hydrogen) atoms. The molecule has 1 unspecified atom stereocenters. The zero-order valence-corrected chi connectivity index (χ0v) is 11.3. The molecular formula is C10H13ClN2O4S. The Bertz CT molecular complexity index is 623. The number of sulfonamides is 1. The van der Waals surface area contributed by atoms with Crippen molar-refractivity contribution in [2.24, 2.45) is 0 Å². The van der Waals surface area contributed by atoms with Gasteiger partial charge in [0.05, 0.1) is 10.5 Å². The van der Waals surface area contributed by atoms with Crippen LogP contribution < -0.4 is 5.56 Å². The first-order valence-corrected chi connectivity index (χ1v) is 7.15. The van der Waals surface area contributed by atoms with Crippen molar-refractivity contribution >= 4 is 21.6 Å². The number of aromatic nitrogens is 1. The van der Waals surface area contributed by atoms with E-state index < -0.39 is 21.2 Å². The maximum absolute atomic E-state index is 12.2. The molecule has 0 radical (unpaired) electrons. The van der Waals surface area contributed by atoms with Crippen LogP contribution in [0.4, 0.5) is 0 Å². The third-order valence-electron chi connectivity index (χ3n) is 2.89. The molecular weight excluding hydrogens is 280 g/mol. The van der Waals surface area contributed by atoms with Crippen molar-refractivity contribution < 1.29 is 13.5 Å². The average molecular weight is 293 g/mol. The number of nitrogens with one attached hydrogen (secondary N) is 1. The minimum Gasteiger partial charge on any atom is -0.389 e. The van der Waals surface area contributed by atoms with Gasteiger partial charge < -0.3 is 10.1 Å². The van der Waals surface area contributed by atoms with Gasteiger partial charge in [-0.15, -0.1) is 0 Å². The highest BCUT2D eigenvalue weighted by molar-refractivity contribution is 7.89. The van der Waals surface area contributed by atoms with Gasteiger partial charge in [0.2, 0.25) is 10.0 Å². The third kappa shape index (κ3) is 2.44. The van der Waals surface area contributed by atoms with Crippen LogP contribution in [0.5, 0.6) is 0 Å². The van der Waals surface area contributed by atoms with Crippen LogP contribution in [-0.2, 0) is 10.0 Å². The van der Waals surface area contributed by atoms with Gasteiger partial charge in [-0.25, -0.2) is 8.42 Å². The number of aliphatic hydroxyl groups is 1. The molecule has 0 aliphatic carbocycles. The molecule has 6 nitrogen and oxygen atoms in total. The summed E-state index contributed by atoms with van der Waals surface area (Å²) in [5, 5.41) is 9.61. The van der Waals surface area contributed by atoms with Gasteiger partial charge in [-0.1, -0.05) is 11.6 Å². The molecule has 2 heterocycles. The van der Waals surface area contributed by atoms with E-state index in [0.29, 0.717) is 6.42 Å². The summed E-state index contributed by atoms with van der Waals surface area (Å²) in [7, 11) is -3.73. The van der Waals surface area contributed by atoms with Gasteiger partial charge in [-0.3, -0.25) is 4.79 Å². The first-order valence-electron chi connectivity index (χ1n) is 5.33. The smallest absolute Gasteiger partial charge is 0.266 e. The Morgan fingerprint density at radius 1 is 1.56 bits per heavy atom. The van der Waals surface area contributed by atoms with Crippen LogP contribution in [0, 0.1) is 0 Å². The molecule has 1 atom stereocenters. The number of β-amino-alcohol motifs (C(OH)–C–C–N with tert-alkyl or cyclic N) is 1. The van der Waals surface area contributed by atoms with Crippen molar-refractivity contribution in [2.75, 3.05) is 13.1 Å². The summed E-state index contributed by atoms with van der Waals surface area (Å²) in [6.07, 6.45) is 1.49. The minimum atomic E-state index is -3.73. The second-order valence-electron chi connectivity index (χ2n) is 4.60. The highest BCUT2D eigenvalue weighted by atomic mass is 35.5. The van der Waals surface area contributed by atoms with Crippen molar-refractivity contribution in [1.29, 1.82) is 0 Å². The number of H-pyrrole nitrogens is 1. The van der Waals surface area contributed by atoms with Crippen molar-refractivity contribution in [3.05, 3.63) is 27.6 Å². The molecule has 2 N–H and O–H groups in total. The molecule has 0 spiro atoms. The number of hydrogen-bond donors (Lipinski definition) is 2. The van der Waals surface area contributed by atoms with Gasteiger partial charge in [0, 0.05) is 19.3 Å². The van der Waals surface area contributed by atoms with E-state index in [1.807, 2.05) is 0 Å². The number of pyridine rings is 1. The number of hydrogen-bond acceptors (Lipinski definition) is 4. The normalized spacial score (nSPS) is 25.5. The molecule has 0 amide bonds. The lowest BCUT2D eigenvalue weighted by Gasteiger charge is -2.18. The van der Waals surface area contributed by atoms with Crippen LogP contribution in [0.25, 0.3) is 0 Å². The standard InChI is InChI=1S/C10H13ClN2O4S/c1-10(15)2-3-13(6-10)18(16,17)7-4-8(11)9(14)12-5-7/h4-5,15H,2-3,6H2,1H3,(H,12,14).